The van der Waals surface area contributed by atoms with E-state index in [0.717, 1.165) is 19.3 Å². The van der Waals surface area contributed by atoms with Crippen LogP contribution < -0.4 is 0 Å². The predicted molar refractivity (Wildman–Crippen MR) is 69.7 cm³/mol. The van der Waals surface area contributed by atoms with Gasteiger partial charge in [-0.1, -0.05) is 26.6 Å². The highest BCUT2D eigenvalue weighted by molar-refractivity contribution is 6.93. The lowest BCUT2D eigenvalue weighted by Gasteiger charge is -1.95. The first-order valence-corrected chi connectivity index (χ1v) is 5.79. The van der Waals surface area contributed by atoms with Crippen LogP contribution in [0, 0.1) is 0 Å². The van der Waals surface area contributed by atoms with Crippen LogP contribution >= 0.6 is 0 Å². The molecule has 0 fully saturated rings. The Balaban J connectivity index is 0. The molecule has 0 amide bonds. The Morgan fingerprint density at radius 1 is 1.43 bits per heavy atom. The lowest BCUT2D eigenvalue weighted by Crippen LogP contribution is -1.98. The fraction of sp³-hybridized carbons (Fsp3) is 0.889. The molecule has 0 aromatic rings. The topological polar surface area (TPSA) is 26.3 Å². The number of ether oxygens (including phenoxy) is 1. The van der Waals surface area contributed by atoms with Crippen molar-refractivity contribution in [3.05, 3.63) is 0 Å². The first-order chi connectivity index (χ1) is 6.72. The van der Waals surface area contributed by atoms with Crippen molar-refractivity contribution in [3.8, 4) is 0 Å². The molecular formula is C9H23B3O2. The highest BCUT2D eigenvalue weighted by Gasteiger charge is 1.96. The van der Waals surface area contributed by atoms with E-state index < -0.39 is 0 Å². The second-order valence-corrected chi connectivity index (χ2v) is 3.39. The summed E-state index contributed by atoms with van der Waals surface area (Å²) in [6.45, 7) is 4.32. The Morgan fingerprint density at radius 2 is 2.07 bits per heavy atom. The molecule has 0 N–H and O–H groups in total. The molecule has 0 aliphatic rings. The summed E-state index contributed by atoms with van der Waals surface area (Å²) in [4.78, 5) is 10.5. The van der Waals surface area contributed by atoms with Gasteiger partial charge in [-0.15, -0.1) is 6.22 Å². The van der Waals surface area contributed by atoms with E-state index in [9.17, 15) is 4.79 Å². The fourth-order valence-electron chi connectivity index (χ4n) is 0.975. The Bertz CT molecular complexity index is 119. The quantitative estimate of drug-likeness (QED) is 0.352. The fourth-order valence-corrected chi connectivity index (χ4v) is 0.975. The molecule has 5 heteroatoms. The molecule has 0 rings (SSSR count). The lowest BCUT2D eigenvalue weighted by molar-refractivity contribution is -0.140. The SMILES string of the molecule is BBCBC.CCCCCC(=O)OC. The van der Waals surface area contributed by atoms with Crippen molar-refractivity contribution in [1.29, 1.82) is 0 Å². The van der Waals surface area contributed by atoms with Gasteiger partial charge in [-0.3, -0.25) is 4.79 Å². The van der Waals surface area contributed by atoms with Crippen LogP contribution in [0.1, 0.15) is 32.6 Å². The Labute approximate surface area is 91.0 Å². The average Bonchev–Trinajstić information content (AvgIpc) is 2.20. The second kappa shape index (κ2) is 15.2. The number of hydrogen-bond donors (Lipinski definition) is 0. The maximum atomic E-state index is 10.5. The van der Waals surface area contributed by atoms with Gasteiger partial charge in [-0.25, -0.2) is 0 Å². The minimum absolute atomic E-state index is 0.0940. The number of carbonyl (C=O) groups is 1. The standard InChI is InChI=1S/C7H14O2.C2H9B3/c1-3-4-5-6-7(8)9-2;1-4-2-5-3/h3-6H2,1-2H3;4-5H,2-3H2,1H3. The van der Waals surface area contributed by atoms with Gasteiger partial charge in [-0.05, 0) is 6.42 Å². The third kappa shape index (κ3) is 17.7. The van der Waals surface area contributed by atoms with Gasteiger partial charge in [0.2, 0.25) is 0 Å². The molecule has 0 aromatic heterocycles. The number of hydrogen-bond acceptors (Lipinski definition) is 2. The third-order valence-electron chi connectivity index (χ3n) is 1.92. The van der Waals surface area contributed by atoms with E-state index in [4.69, 9.17) is 0 Å². The molecule has 14 heavy (non-hydrogen) atoms. The minimum Gasteiger partial charge on any atom is -0.469 e. The number of unbranched alkanes of at least 4 members (excludes halogenated alkanes) is 2. The maximum Gasteiger partial charge on any atom is 0.305 e. The molecule has 0 saturated heterocycles. The normalized spacial score (nSPS) is 8.21. The summed E-state index contributed by atoms with van der Waals surface area (Å²) >= 11 is 0. The van der Waals surface area contributed by atoms with Crippen molar-refractivity contribution in [3.63, 3.8) is 0 Å². The van der Waals surface area contributed by atoms with E-state index in [1.165, 1.54) is 27.8 Å². The summed E-state index contributed by atoms with van der Waals surface area (Å²) in [5.41, 5.74) is 0. The van der Waals surface area contributed by atoms with E-state index in [0.29, 0.717) is 6.42 Å². The smallest absolute Gasteiger partial charge is 0.305 e. The molecule has 80 valence electrons. The molecule has 0 spiro atoms. The maximum absolute atomic E-state index is 10.5. The summed E-state index contributed by atoms with van der Waals surface area (Å²) in [6, 6.07) is 0. The van der Waals surface area contributed by atoms with Crippen molar-refractivity contribution in [1.82, 2.24) is 0 Å². The van der Waals surface area contributed by atoms with Gasteiger partial charge in [0, 0.05) is 6.42 Å². The first kappa shape index (κ1) is 16.1. The molecule has 0 unspecified atom stereocenters. The van der Waals surface area contributed by atoms with E-state index in [1.54, 1.807) is 0 Å². The molecule has 0 radical (unpaired) electrons. The number of rotatable bonds is 6. The number of carbonyl (C=O) groups excluding carboxylic acids is 1. The zero-order chi connectivity index (χ0) is 11.2. The van der Waals surface area contributed by atoms with Gasteiger partial charge >= 0.3 is 5.97 Å². The van der Waals surface area contributed by atoms with E-state index in [2.05, 4.69) is 26.2 Å². The van der Waals surface area contributed by atoms with Gasteiger partial charge in [0.25, 0.3) is 0 Å². The first-order valence-electron chi connectivity index (χ1n) is 5.79. The molecule has 2 nitrogen and oxygen atoms in total. The van der Waals surface area contributed by atoms with Gasteiger partial charge in [-0.2, -0.15) is 0 Å². The highest BCUT2D eigenvalue weighted by Crippen LogP contribution is 1.98. The second-order valence-electron chi connectivity index (χ2n) is 3.39. The van der Waals surface area contributed by atoms with Crippen molar-refractivity contribution >= 4 is 28.2 Å². The summed E-state index contributed by atoms with van der Waals surface area (Å²) in [7, 11) is 6.32. The van der Waals surface area contributed by atoms with Crippen LogP contribution in [0.5, 0.6) is 0 Å². The van der Waals surface area contributed by atoms with Crippen LogP contribution in [0.4, 0.5) is 0 Å². The zero-order valence-corrected chi connectivity index (χ0v) is 10.3. The largest absolute Gasteiger partial charge is 0.469 e. The van der Waals surface area contributed by atoms with Gasteiger partial charge in [0.1, 0.15) is 7.28 Å². The third-order valence-corrected chi connectivity index (χ3v) is 1.92. The van der Waals surface area contributed by atoms with Crippen LogP contribution in [0.25, 0.3) is 0 Å². The molecule has 0 bridgehead atoms. The Kier molecular flexibility index (Phi) is 17.4. The van der Waals surface area contributed by atoms with E-state index in [1.807, 2.05) is 0 Å². The van der Waals surface area contributed by atoms with Gasteiger partial charge < -0.3 is 4.74 Å². The van der Waals surface area contributed by atoms with Crippen molar-refractivity contribution in [2.24, 2.45) is 0 Å². The number of methoxy groups -OCH3 is 1. The van der Waals surface area contributed by atoms with Crippen LogP contribution in [-0.2, 0) is 9.53 Å². The summed E-state index contributed by atoms with van der Waals surface area (Å²) < 4.78 is 4.46. The summed E-state index contributed by atoms with van der Waals surface area (Å²) in [5.74, 6) is -0.0940. The zero-order valence-electron chi connectivity index (χ0n) is 10.3. The predicted octanol–water partition coefficient (Wildman–Crippen LogP) is 0.571. The van der Waals surface area contributed by atoms with Crippen LogP contribution in [0.15, 0.2) is 0 Å². The van der Waals surface area contributed by atoms with E-state index in [-0.39, 0.29) is 5.97 Å². The van der Waals surface area contributed by atoms with Gasteiger partial charge in [0.15, 0.2) is 0 Å². The molecule has 0 saturated carbocycles. The molecule has 0 atom stereocenters. The number of esters is 1. The molecule has 0 aliphatic carbocycles. The molecule has 0 aliphatic heterocycles. The highest BCUT2D eigenvalue weighted by atomic mass is 16.5. The Morgan fingerprint density at radius 3 is 2.36 bits per heavy atom. The average molecular weight is 196 g/mol. The minimum atomic E-state index is -0.0940. The summed E-state index contributed by atoms with van der Waals surface area (Å²) in [6.07, 6.45) is 5.19. The molecule has 0 heterocycles. The molecular weight excluding hydrogens is 173 g/mol. The van der Waals surface area contributed by atoms with Crippen LogP contribution in [0.2, 0.25) is 13.0 Å². The van der Waals surface area contributed by atoms with Crippen molar-refractivity contribution in [2.45, 2.75) is 45.6 Å². The van der Waals surface area contributed by atoms with Gasteiger partial charge in [0.05, 0.1) is 22.0 Å². The monoisotopic (exact) mass is 196 g/mol. The van der Waals surface area contributed by atoms with Crippen LogP contribution in [-0.4, -0.2) is 35.3 Å². The Hall–Kier alpha value is -0.335. The van der Waals surface area contributed by atoms with E-state index >= 15 is 0 Å². The summed E-state index contributed by atoms with van der Waals surface area (Å²) in [5, 5.41) is 0. The van der Waals surface area contributed by atoms with Crippen molar-refractivity contribution < 1.29 is 9.53 Å². The molecule has 0 aromatic carbocycles. The lowest BCUT2D eigenvalue weighted by atomic mass is 9.44. The van der Waals surface area contributed by atoms with Crippen molar-refractivity contribution in [2.75, 3.05) is 7.11 Å². The van der Waals surface area contributed by atoms with Crippen LogP contribution in [0.3, 0.4) is 0 Å².